The average Bonchev–Trinajstić information content (AvgIpc) is 2.72. The molecule has 1 aliphatic heterocycles. The minimum atomic E-state index is -5.46. The molecule has 0 amide bonds. The third-order valence-corrected chi connectivity index (χ3v) is 5.13. The number of rotatable bonds is 0. The van der Waals surface area contributed by atoms with Crippen LogP contribution < -0.4 is 0 Å². The summed E-state index contributed by atoms with van der Waals surface area (Å²) in [6.45, 7) is 0. The van der Waals surface area contributed by atoms with Crippen LogP contribution in [0.25, 0.3) is 0 Å². The lowest BCUT2D eigenvalue weighted by atomic mass is 9.78. The van der Waals surface area contributed by atoms with E-state index >= 15 is 0 Å². The highest BCUT2D eigenvalue weighted by Crippen LogP contribution is 2.68. The molecule has 3 rings (SSSR count). The van der Waals surface area contributed by atoms with Gasteiger partial charge in [-0.3, -0.25) is 0 Å². The number of hydrogen-bond acceptors (Lipinski definition) is 1. The zero-order valence-electron chi connectivity index (χ0n) is 8.85. The lowest BCUT2D eigenvalue weighted by Gasteiger charge is -2.36. The first kappa shape index (κ1) is 12.8. The molecule has 1 heterocycles. The molecule has 3 unspecified atom stereocenters. The second-order valence-corrected chi connectivity index (χ2v) is 5.76. The van der Waals surface area contributed by atoms with Crippen molar-refractivity contribution in [3.63, 3.8) is 0 Å². The van der Waals surface area contributed by atoms with Crippen LogP contribution in [-0.2, 0) is 4.74 Å². The van der Waals surface area contributed by atoms with E-state index in [1.165, 1.54) is 0 Å². The summed E-state index contributed by atoms with van der Waals surface area (Å²) in [6, 6.07) is 0. The van der Waals surface area contributed by atoms with Gasteiger partial charge in [-0.05, 0) is 24.7 Å². The van der Waals surface area contributed by atoms with Crippen LogP contribution in [0, 0.1) is 17.8 Å². The summed E-state index contributed by atoms with van der Waals surface area (Å²) in [4.78, 5) is 0. The van der Waals surface area contributed by atoms with E-state index < -0.39 is 41.3 Å². The van der Waals surface area contributed by atoms with Gasteiger partial charge in [-0.2, -0.15) is 26.3 Å². The molecule has 0 N–H and O–H groups in total. The van der Waals surface area contributed by atoms with Crippen LogP contribution >= 0.6 is 11.6 Å². The van der Waals surface area contributed by atoms with Gasteiger partial charge < -0.3 is 4.74 Å². The van der Waals surface area contributed by atoms with Crippen LogP contribution in [0.4, 0.5) is 26.3 Å². The maximum atomic E-state index is 13.0. The van der Waals surface area contributed by atoms with Gasteiger partial charge in [0.05, 0.1) is 11.5 Å². The fourth-order valence-corrected chi connectivity index (χ4v) is 4.32. The van der Waals surface area contributed by atoms with E-state index in [9.17, 15) is 26.3 Å². The van der Waals surface area contributed by atoms with Gasteiger partial charge in [0.25, 0.3) is 5.60 Å². The van der Waals surface area contributed by atoms with Crippen LogP contribution in [0.3, 0.4) is 0 Å². The Balaban J connectivity index is 2.09. The Bertz CT molecular complexity index is 364. The van der Waals surface area contributed by atoms with Gasteiger partial charge in [0.1, 0.15) is 0 Å². The van der Waals surface area contributed by atoms with E-state index in [2.05, 4.69) is 4.74 Å². The number of fused-ring (bicyclic) bond motifs is 1. The van der Waals surface area contributed by atoms with E-state index in [0.29, 0.717) is 6.42 Å². The van der Waals surface area contributed by atoms with Crippen LogP contribution in [-0.4, -0.2) is 29.4 Å². The highest BCUT2D eigenvalue weighted by Gasteiger charge is 2.83. The molecule has 104 valence electrons. The molecule has 2 aliphatic carbocycles. The number of halogens is 7. The monoisotopic (exact) mass is 294 g/mol. The molecule has 3 aliphatic rings. The summed E-state index contributed by atoms with van der Waals surface area (Å²) in [6.07, 6.45) is -11.9. The predicted octanol–water partition coefficient (Wildman–Crippen LogP) is 3.51. The van der Waals surface area contributed by atoms with E-state index in [0.717, 1.165) is 0 Å². The Morgan fingerprint density at radius 3 is 1.94 bits per heavy atom. The van der Waals surface area contributed by atoms with Gasteiger partial charge in [0, 0.05) is 5.92 Å². The molecule has 0 radical (unpaired) electrons. The Hall–Kier alpha value is -0.170. The van der Waals surface area contributed by atoms with Gasteiger partial charge in [0.15, 0.2) is 0 Å². The molecule has 18 heavy (non-hydrogen) atoms. The van der Waals surface area contributed by atoms with E-state index in [-0.39, 0.29) is 12.3 Å². The van der Waals surface area contributed by atoms with Crippen molar-refractivity contribution in [2.45, 2.75) is 42.3 Å². The largest absolute Gasteiger partial charge is 0.426 e. The molecule has 0 aromatic rings. The summed E-state index contributed by atoms with van der Waals surface area (Å²) in [7, 11) is 0. The van der Waals surface area contributed by atoms with Crippen LogP contribution in [0.15, 0.2) is 0 Å². The average molecular weight is 295 g/mol. The topological polar surface area (TPSA) is 9.23 Å². The van der Waals surface area contributed by atoms with Crippen LogP contribution in [0.2, 0.25) is 0 Å². The molecule has 1 nitrogen and oxygen atoms in total. The number of alkyl halides is 7. The third-order valence-electron chi connectivity index (χ3n) is 4.52. The van der Waals surface area contributed by atoms with Gasteiger partial charge in [-0.1, -0.05) is 0 Å². The van der Waals surface area contributed by atoms with Crippen molar-refractivity contribution in [2.75, 3.05) is 0 Å². The van der Waals surface area contributed by atoms with Crippen LogP contribution in [0.1, 0.15) is 12.8 Å². The van der Waals surface area contributed by atoms with E-state index in [4.69, 9.17) is 11.6 Å². The minimum absolute atomic E-state index is 0.158. The zero-order chi connectivity index (χ0) is 13.5. The van der Waals surface area contributed by atoms with E-state index in [1.54, 1.807) is 0 Å². The van der Waals surface area contributed by atoms with Crippen molar-refractivity contribution in [3.05, 3.63) is 0 Å². The van der Waals surface area contributed by atoms with Gasteiger partial charge in [-0.25, -0.2) is 0 Å². The maximum Gasteiger partial charge on any atom is 0.426 e. The van der Waals surface area contributed by atoms with Gasteiger partial charge >= 0.3 is 12.4 Å². The van der Waals surface area contributed by atoms with Gasteiger partial charge in [0.2, 0.25) is 0 Å². The first-order chi connectivity index (χ1) is 8.09. The normalized spacial score (nSPS) is 45.8. The molecular weight excluding hydrogens is 286 g/mol. The van der Waals surface area contributed by atoms with Crippen molar-refractivity contribution in [1.29, 1.82) is 0 Å². The SMILES string of the molecule is FC(F)(F)C1(C(F)(F)F)OC2C(Cl)[C@@H]3CC1[C@H]2C3. The predicted molar refractivity (Wildman–Crippen MR) is 49.1 cm³/mol. The Kier molecular flexibility index (Phi) is 2.34. The standard InChI is InChI=1S/C10H9ClF6O/c11-6-3-1-4-5(2-3)8(9(12,13)14,10(15,16)17)18-7(4)6/h3-7H,1-2H2/t3-,4+,5?,6?,7?/m0/s1. The summed E-state index contributed by atoms with van der Waals surface area (Å²) in [5, 5.41) is -0.738. The zero-order valence-corrected chi connectivity index (χ0v) is 9.61. The molecule has 0 spiro atoms. The van der Waals surface area contributed by atoms with Crippen molar-refractivity contribution < 1.29 is 31.1 Å². The number of ether oxygens (including phenoxy) is 1. The molecule has 0 aromatic carbocycles. The second kappa shape index (κ2) is 3.29. The first-order valence-electron chi connectivity index (χ1n) is 5.55. The third kappa shape index (κ3) is 1.25. The highest BCUT2D eigenvalue weighted by molar-refractivity contribution is 6.21. The summed E-state index contributed by atoms with van der Waals surface area (Å²) >= 11 is 5.87. The van der Waals surface area contributed by atoms with E-state index in [1.807, 2.05) is 0 Å². The number of hydrogen-bond donors (Lipinski definition) is 0. The summed E-state index contributed by atoms with van der Waals surface area (Å²) in [5.41, 5.74) is -4.02. The minimum Gasteiger partial charge on any atom is -0.353 e. The lowest BCUT2D eigenvalue weighted by molar-refractivity contribution is -0.383. The first-order valence-corrected chi connectivity index (χ1v) is 5.98. The highest BCUT2D eigenvalue weighted by atomic mass is 35.5. The maximum absolute atomic E-state index is 13.0. The second-order valence-electron chi connectivity index (χ2n) is 5.26. The van der Waals surface area contributed by atoms with Crippen molar-refractivity contribution >= 4 is 11.6 Å². The smallest absolute Gasteiger partial charge is 0.353 e. The van der Waals surface area contributed by atoms with Crippen molar-refractivity contribution in [1.82, 2.24) is 0 Å². The molecule has 2 bridgehead atoms. The fraction of sp³-hybridized carbons (Fsp3) is 1.00. The molecule has 8 heteroatoms. The van der Waals surface area contributed by atoms with Crippen LogP contribution in [0.5, 0.6) is 0 Å². The Labute approximate surface area is 103 Å². The van der Waals surface area contributed by atoms with Gasteiger partial charge in [-0.15, -0.1) is 11.6 Å². The Morgan fingerprint density at radius 2 is 1.56 bits per heavy atom. The van der Waals surface area contributed by atoms with Crippen molar-refractivity contribution in [2.24, 2.45) is 17.8 Å². The summed E-state index contributed by atoms with van der Waals surface area (Å²) in [5.74, 6) is -2.55. The lowest BCUT2D eigenvalue weighted by Crippen LogP contribution is -2.60. The quantitative estimate of drug-likeness (QED) is 0.491. The van der Waals surface area contributed by atoms with Crippen molar-refractivity contribution in [3.8, 4) is 0 Å². The molecule has 3 fully saturated rings. The fourth-order valence-electron chi connectivity index (χ4n) is 3.88. The summed E-state index contributed by atoms with van der Waals surface area (Å²) < 4.78 is 82.4. The molecular formula is C10H9ClF6O. The Morgan fingerprint density at radius 1 is 1.00 bits per heavy atom. The molecule has 0 aromatic heterocycles. The molecule has 2 saturated carbocycles. The molecule has 5 atom stereocenters. The molecule has 1 saturated heterocycles.